The minimum absolute atomic E-state index is 0.497. The molecule has 0 fully saturated rings. The van der Waals surface area contributed by atoms with Crippen LogP contribution >= 0.6 is 0 Å². The van der Waals surface area contributed by atoms with Crippen LogP contribution in [0.1, 0.15) is 0 Å². The first-order valence-electron chi connectivity index (χ1n) is 9.21. The van der Waals surface area contributed by atoms with Gasteiger partial charge in [0, 0.05) is 46.4 Å². The van der Waals surface area contributed by atoms with Crippen LogP contribution in [0.15, 0.2) is 73.3 Å². The van der Waals surface area contributed by atoms with E-state index in [9.17, 15) is 8.42 Å². The van der Waals surface area contributed by atoms with Crippen molar-refractivity contribution in [2.24, 2.45) is 0 Å². The highest BCUT2D eigenvalue weighted by Crippen LogP contribution is 2.28. The van der Waals surface area contributed by atoms with Crippen LogP contribution in [0.2, 0.25) is 0 Å². The summed E-state index contributed by atoms with van der Waals surface area (Å²) in [7, 11) is -3.35. The van der Waals surface area contributed by atoms with Crippen molar-refractivity contribution < 1.29 is 8.42 Å². The van der Waals surface area contributed by atoms with E-state index in [1.54, 1.807) is 30.6 Å². The van der Waals surface area contributed by atoms with Gasteiger partial charge in [-0.3, -0.25) is 9.12 Å². The lowest BCUT2D eigenvalue weighted by Gasteiger charge is -2.09. The summed E-state index contributed by atoms with van der Waals surface area (Å²) in [6, 6.07) is 15.2. The SMILES string of the molecule is CS(=O)(=O)Nc1cccc(-c2cnc3c(Nc4ccc5[nH]ccc5c4)nccn23)c1. The molecule has 0 radical (unpaired) electrons. The Labute approximate surface area is 172 Å². The van der Waals surface area contributed by atoms with Crippen LogP contribution in [-0.4, -0.2) is 34.0 Å². The van der Waals surface area contributed by atoms with Crippen LogP contribution in [-0.2, 0) is 10.0 Å². The van der Waals surface area contributed by atoms with Crippen molar-refractivity contribution in [3.8, 4) is 11.3 Å². The van der Waals surface area contributed by atoms with E-state index in [0.717, 1.165) is 34.1 Å². The van der Waals surface area contributed by atoms with E-state index in [1.807, 2.05) is 47.1 Å². The van der Waals surface area contributed by atoms with Gasteiger partial charge in [-0.25, -0.2) is 18.4 Å². The summed E-state index contributed by atoms with van der Waals surface area (Å²) in [5, 5.41) is 4.44. The third-order valence-electron chi connectivity index (χ3n) is 4.71. The number of hydrogen-bond acceptors (Lipinski definition) is 5. The van der Waals surface area contributed by atoms with E-state index in [4.69, 9.17) is 0 Å². The number of hydrogen-bond donors (Lipinski definition) is 3. The largest absolute Gasteiger partial charge is 0.361 e. The number of fused-ring (bicyclic) bond motifs is 2. The topological polar surface area (TPSA) is 104 Å². The quantitative estimate of drug-likeness (QED) is 0.400. The number of nitrogens with one attached hydrogen (secondary N) is 3. The van der Waals surface area contributed by atoms with Crippen LogP contribution < -0.4 is 10.0 Å². The maximum Gasteiger partial charge on any atom is 0.229 e. The summed E-state index contributed by atoms with van der Waals surface area (Å²) < 4.78 is 27.5. The van der Waals surface area contributed by atoms with Gasteiger partial charge in [0.25, 0.3) is 0 Å². The summed E-state index contributed by atoms with van der Waals surface area (Å²) >= 11 is 0. The van der Waals surface area contributed by atoms with E-state index >= 15 is 0 Å². The molecular formula is C21H18N6O2S. The molecule has 3 N–H and O–H groups in total. The Morgan fingerprint density at radius 1 is 1.03 bits per heavy atom. The van der Waals surface area contributed by atoms with E-state index in [2.05, 4.69) is 25.0 Å². The number of sulfonamides is 1. The molecule has 0 aliphatic heterocycles. The van der Waals surface area contributed by atoms with Crippen molar-refractivity contribution in [3.63, 3.8) is 0 Å². The average molecular weight is 418 g/mol. The molecule has 0 amide bonds. The van der Waals surface area contributed by atoms with Gasteiger partial charge >= 0.3 is 0 Å². The second-order valence-electron chi connectivity index (χ2n) is 6.97. The summed E-state index contributed by atoms with van der Waals surface area (Å²) in [6.07, 6.45) is 8.31. The highest BCUT2D eigenvalue weighted by molar-refractivity contribution is 7.92. The Hall–Kier alpha value is -3.85. The van der Waals surface area contributed by atoms with Gasteiger partial charge in [-0.15, -0.1) is 0 Å². The number of H-pyrrole nitrogens is 1. The standard InChI is InChI=1S/C21H18N6O2S/c1-30(28,29)26-17-4-2-3-15(12-17)19-13-24-21-20(23-9-10-27(19)21)25-16-5-6-18-14(11-16)7-8-22-18/h2-13,22,26H,1H3,(H,23,25). The lowest BCUT2D eigenvalue weighted by molar-refractivity contribution is 0.607. The summed E-state index contributed by atoms with van der Waals surface area (Å²) in [5.41, 5.74) is 4.81. The van der Waals surface area contributed by atoms with E-state index < -0.39 is 10.0 Å². The van der Waals surface area contributed by atoms with Crippen molar-refractivity contribution in [2.75, 3.05) is 16.3 Å². The Morgan fingerprint density at radius 2 is 1.93 bits per heavy atom. The summed E-state index contributed by atoms with van der Waals surface area (Å²) in [4.78, 5) is 12.2. The molecule has 0 aliphatic carbocycles. The first kappa shape index (κ1) is 18.2. The zero-order valence-electron chi connectivity index (χ0n) is 16.0. The molecule has 0 bridgehead atoms. The van der Waals surface area contributed by atoms with Crippen molar-refractivity contribution in [1.29, 1.82) is 0 Å². The maximum atomic E-state index is 11.5. The number of aromatic amines is 1. The minimum atomic E-state index is -3.35. The minimum Gasteiger partial charge on any atom is -0.361 e. The van der Waals surface area contributed by atoms with E-state index in [1.165, 1.54) is 0 Å². The highest BCUT2D eigenvalue weighted by Gasteiger charge is 2.12. The lowest BCUT2D eigenvalue weighted by atomic mass is 10.1. The van der Waals surface area contributed by atoms with Crippen LogP contribution in [0.3, 0.4) is 0 Å². The van der Waals surface area contributed by atoms with Crippen LogP contribution in [0.4, 0.5) is 17.2 Å². The molecule has 3 aromatic heterocycles. The second kappa shape index (κ2) is 6.89. The molecule has 0 unspecified atom stereocenters. The third kappa shape index (κ3) is 3.46. The van der Waals surface area contributed by atoms with Crippen LogP contribution in [0, 0.1) is 0 Å². The van der Waals surface area contributed by atoms with Crippen LogP contribution in [0.25, 0.3) is 27.8 Å². The third-order valence-corrected chi connectivity index (χ3v) is 5.31. The first-order chi connectivity index (χ1) is 14.5. The van der Waals surface area contributed by atoms with E-state index in [-0.39, 0.29) is 0 Å². The molecule has 0 spiro atoms. The molecule has 150 valence electrons. The van der Waals surface area contributed by atoms with Crippen LogP contribution in [0.5, 0.6) is 0 Å². The van der Waals surface area contributed by atoms with Gasteiger partial charge < -0.3 is 10.3 Å². The molecule has 0 aliphatic rings. The van der Waals surface area contributed by atoms with Gasteiger partial charge in [0.1, 0.15) is 0 Å². The lowest BCUT2D eigenvalue weighted by Crippen LogP contribution is -2.09. The molecule has 9 heteroatoms. The van der Waals surface area contributed by atoms with Crippen molar-refractivity contribution in [3.05, 3.63) is 73.3 Å². The Kier molecular flexibility index (Phi) is 4.18. The number of benzene rings is 2. The molecular weight excluding hydrogens is 400 g/mol. The maximum absolute atomic E-state index is 11.5. The zero-order chi connectivity index (χ0) is 20.7. The number of aromatic nitrogens is 4. The van der Waals surface area contributed by atoms with Crippen molar-refractivity contribution in [1.82, 2.24) is 19.4 Å². The van der Waals surface area contributed by atoms with Gasteiger partial charge in [-0.1, -0.05) is 12.1 Å². The Balaban J connectivity index is 1.53. The van der Waals surface area contributed by atoms with E-state index in [0.29, 0.717) is 17.2 Å². The van der Waals surface area contributed by atoms with Crippen molar-refractivity contribution >= 4 is 43.8 Å². The Bertz CT molecular complexity index is 1490. The normalized spacial score (nSPS) is 11.8. The molecule has 8 nitrogen and oxygen atoms in total. The monoisotopic (exact) mass is 418 g/mol. The first-order valence-corrected chi connectivity index (χ1v) is 11.1. The molecule has 5 aromatic rings. The fourth-order valence-electron chi connectivity index (χ4n) is 3.44. The average Bonchev–Trinajstić information content (AvgIpc) is 3.34. The molecule has 30 heavy (non-hydrogen) atoms. The predicted octanol–water partition coefficient (Wildman–Crippen LogP) is 3.99. The van der Waals surface area contributed by atoms with Gasteiger partial charge in [-0.05, 0) is 36.4 Å². The van der Waals surface area contributed by atoms with Gasteiger partial charge in [0.2, 0.25) is 10.0 Å². The molecule has 0 saturated carbocycles. The summed E-state index contributed by atoms with van der Waals surface area (Å²) in [5.74, 6) is 0.629. The smallest absolute Gasteiger partial charge is 0.229 e. The second-order valence-corrected chi connectivity index (χ2v) is 8.72. The highest BCUT2D eigenvalue weighted by atomic mass is 32.2. The fraction of sp³-hybridized carbons (Fsp3) is 0.0476. The van der Waals surface area contributed by atoms with Gasteiger partial charge in [0.15, 0.2) is 11.5 Å². The zero-order valence-corrected chi connectivity index (χ0v) is 16.8. The molecule has 0 atom stereocenters. The summed E-state index contributed by atoms with van der Waals surface area (Å²) in [6.45, 7) is 0. The number of imidazole rings is 1. The van der Waals surface area contributed by atoms with Gasteiger partial charge in [-0.2, -0.15) is 0 Å². The molecule has 0 saturated heterocycles. The molecule has 5 rings (SSSR count). The predicted molar refractivity (Wildman–Crippen MR) is 118 cm³/mol. The number of rotatable bonds is 5. The fourth-order valence-corrected chi connectivity index (χ4v) is 4.00. The Morgan fingerprint density at radius 3 is 2.80 bits per heavy atom. The van der Waals surface area contributed by atoms with Gasteiger partial charge in [0.05, 0.1) is 18.1 Å². The number of nitrogens with zero attached hydrogens (tertiary/aromatic N) is 3. The number of anilines is 3. The molecule has 3 heterocycles. The van der Waals surface area contributed by atoms with Crippen molar-refractivity contribution in [2.45, 2.75) is 0 Å². The molecule has 2 aromatic carbocycles.